The van der Waals surface area contributed by atoms with Crippen molar-refractivity contribution in [3.8, 4) is 0 Å². The number of rotatable bonds is 58. The molecule has 0 aromatic rings. The molecule has 3 aliphatic heterocycles. The Hall–Kier alpha value is -7.13. The Morgan fingerprint density at radius 2 is 0.716 bits per heavy atom. The van der Waals surface area contributed by atoms with Crippen LogP contribution in [-0.2, 0) is 138 Å². The molecule has 3 amide bonds. The number of esters is 10. The van der Waals surface area contributed by atoms with Crippen LogP contribution >= 0.6 is 0 Å². The maximum atomic E-state index is 15.2. The normalized spacial score (nSPS) is 24.2. The monoisotopic (exact) mass is 1660 g/mol. The highest BCUT2D eigenvalue weighted by Crippen LogP contribution is 2.38. The maximum absolute atomic E-state index is 15.2. The summed E-state index contributed by atoms with van der Waals surface area (Å²) in [5, 5.41) is 8.26. The van der Waals surface area contributed by atoms with Crippen LogP contribution in [-0.4, -0.2) is 214 Å². The van der Waals surface area contributed by atoms with E-state index in [1.165, 1.54) is 103 Å². The second-order valence-corrected chi connectivity index (χ2v) is 31.4. The first-order valence-corrected chi connectivity index (χ1v) is 42.5. The maximum Gasteiger partial charge on any atom is 0.303 e. The molecular formula is C84H141N3O29. The van der Waals surface area contributed by atoms with E-state index < -0.39 is 214 Å². The van der Waals surface area contributed by atoms with Crippen molar-refractivity contribution in [3.63, 3.8) is 0 Å². The van der Waals surface area contributed by atoms with Crippen molar-refractivity contribution < 1.29 is 138 Å². The zero-order valence-corrected chi connectivity index (χ0v) is 72.1. The van der Waals surface area contributed by atoms with Gasteiger partial charge in [-0.05, 0) is 38.5 Å². The van der Waals surface area contributed by atoms with Crippen LogP contribution in [0.1, 0.15) is 316 Å². The molecule has 3 saturated heterocycles. The summed E-state index contributed by atoms with van der Waals surface area (Å²) >= 11 is 0. The Bertz CT molecular complexity index is 2970. The molecule has 0 spiro atoms. The van der Waals surface area contributed by atoms with Crippen LogP contribution in [0.3, 0.4) is 0 Å². The summed E-state index contributed by atoms with van der Waals surface area (Å²) in [6.07, 6.45) is 5.10. The van der Waals surface area contributed by atoms with Gasteiger partial charge < -0.3 is 91.7 Å². The van der Waals surface area contributed by atoms with Gasteiger partial charge in [-0.25, -0.2) is 0 Å². The molecule has 32 heteroatoms. The highest BCUT2D eigenvalue weighted by molar-refractivity contribution is 5.84. The van der Waals surface area contributed by atoms with E-state index in [0.29, 0.717) is 31.6 Å². The van der Waals surface area contributed by atoms with E-state index in [1.807, 2.05) is 0 Å². The minimum atomic E-state index is -2.00. The molecule has 0 aromatic heterocycles. The molecule has 19 atom stereocenters. The van der Waals surface area contributed by atoms with Gasteiger partial charge in [0, 0.05) is 83.1 Å². The third-order valence-corrected chi connectivity index (χ3v) is 20.1. The highest BCUT2D eigenvalue weighted by atomic mass is 16.8. The third-order valence-electron chi connectivity index (χ3n) is 20.1. The lowest BCUT2D eigenvalue weighted by Crippen LogP contribution is -2.71. The van der Waals surface area contributed by atoms with Crippen molar-refractivity contribution in [1.29, 1.82) is 0 Å². The second kappa shape index (κ2) is 57.9. The molecule has 0 saturated carbocycles. The summed E-state index contributed by atoms with van der Waals surface area (Å²) in [6, 6.07) is -5.15. The van der Waals surface area contributed by atoms with E-state index in [-0.39, 0.29) is 12.8 Å². The largest absolute Gasteiger partial charge is 0.463 e. The van der Waals surface area contributed by atoms with Crippen molar-refractivity contribution in [3.05, 3.63) is 0 Å². The molecule has 0 bridgehead atoms. The van der Waals surface area contributed by atoms with Crippen molar-refractivity contribution in [2.45, 2.75) is 433 Å². The molecule has 3 aliphatic rings. The smallest absolute Gasteiger partial charge is 0.303 e. The Morgan fingerprint density at radius 1 is 0.345 bits per heavy atom. The number of carbonyl (C=O) groups excluding carboxylic acids is 13. The van der Waals surface area contributed by atoms with Gasteiger partial charge in [-0.2, -0.15) is 0 Å². The molecular weight excluding hydrogens is 1510 g/mol. The second-order valence-electron chi connectivity index (χ2n) is 31.4. The van der Waals surface area contributed by atoms with Gasteiger partial charge >= 0.3 is 59.7 Å². The van der Waals surface area contributed by atoms with E-state index in [1.54, 1.807) is 0 Å². The minimum Gasteiger partial charge on any atom is -0.463 e. The fourth-order valence-electron chi connectivity index (χ4n) is 14.9. The number of hydrogen-bond donors (Lipinski definition) is 3. The van der Waals surface area contributed by atoms with E-state index in [4.69, 9.17) is 75.8 Å². The number of unbranched alkanes of at least 4 members (excludes halogenated alkanes) is 27. The van der Waals surface area contributed by atoms with Crippen molar-refractivity contribution in [1.82, 2.24) is 16.0 Å². The van der Waals surface area contributed by atoms with Gasteiger partial charge in [-0.3, -0.25) is 62.3 Å². The van der Waals surface area contributed by atoms with Gasteiger partial charge in [0.05, 0.1) is 18.8 Å². The zero-order valence-electron chi connectivity index (χ0n) is 72.1. The molecule has 0 unspecified atom stereocenters. The molecule has 3 heterocycles. The van der Waals surface area contributed by atoms with Crippen LogP contribution in [0.15, 0.2) is 0 Å². The summed E-state index contributed by atoms with van der Waals surface area (Å²) in [7, 11) is 0. The predicted molar refractivity (Wildman–Crippen MR) is 420 cm³/mol. The minimum absolute atomic E-state index is 0.0519. The fraction of sp³-hybridized carbons (Fsp3) is 0.845. The SMILES string of the molecule is CCCCCCCCCCCCCCCCCCCCC[C@@H](OC(C)=O)C(=O)N[C@@H](CO[C@@H]1O[C@H](COC(C)=O)[C@@H](O[C@@H]2O[C@H](COC(C)=O)[C@H](OC(C)=O)[C@H](OC(C)=O)[C@H]2NC(C)=O)[C@H](O[C@H]2O[C@H](C)[C@H](OC(C)=O)[C@H](OC(C)=O)[C@H]2OC(C)=O)[C@H]1NC(C)=O)[C@H](OC(C)=O)[C@@H](CCCCCCCCCCCCC(C)C)OC(C)=O. The van der Waals surface area contributed by atoms with Gasteiger partial charge in [0.25, 0.3) is 5.91 Å². The topological polar surface area (TPSA) is 406 Å². The van der Waals surface area contributed by atoms with Gasteiger partial charge in [0.15, 0.2) is 61.6 Å². The van der Waals surface area contributed by atoms with Crippen LogP contribution in [0.25, 0.3) is 0 Å². The number of amides is 3. The molecule has 0 aromatic carbocycles. The average Bonchev–Trinajstić information content (AvgIpc) is 0.758. The molecule has 666 valence electrons. The van der Waals surface area contributed by atoms with Crippen LogP contribution in [0.2, 0.25) is 0 Å². The summed E-state index contributed by atoms with van der Waals surface area (Å²) in [5.74, 6) is -10.9. The number of hydrogen-bond acceptors (Lipinski definition) is 29. The summed E-state index contributed by atoms with van der Waals surface area (Å²) < 4.78 is 97.9. The van der Waals surface area contributed by atoms with Crippen LogP contribution in [0.4, 0.5) is 0 Å². The van der Waals surface area contributed by atoms with Crippen LogP contribution in [0.5, 0.6) is 0 Å². The molecule has 3 rings (SSSR count). The Balaban J connectivity index is 2.31. The van der Waals surface area contributed by atoms with Gasteiger partial charge in [-0.15, -0.1) is 0 Å². The van der Waals surface area contributed by atoms with Crippen LogP contribution in [0, 0.1) is 5.92 Å². The van der Waals surface area contributed by atoms with E-state index in [9.17, 15) is 57.5 Å². The molecule has 0 aliphatic carbocycles. The first-order chi connectivity index (χ1) is 55.1. The lowest BCUT2D eigenvalue weighted by Gasteiger charge is -2.51. The van der Waals surface area contributed by atoms with Gasteiger partial charge in [0.2, 0.25) is 11.8 Å². The Labute approximate surface area is 687 Å². The first-order valence-electron chi connectivity index (χ1n) is 42.5. The van der Waals surface area contributed by atoms with E-state index in [0.717, 1.165) is 154 Å². The standard InChI is InChI=1S/C84H141N3O29/c1-17-18-19-20-21-22-23-24-25-26-27-28-29-30-31-36-39-42-45-48-68(106-59(10)93)81(100)87-66(74(108-61(12)95)67(105-58(9)92)47-44-41-38-35-33-32-34-37-40-43-46-52(2)3)49-103-82-71(85-54(5)88)78(116-84-80(112-65(16)99)79(111-64(15)98)73(53(4)104-84)107-60(11)94)76(70(113-82)51-102-57(8)91)115-83-72(86-55(6)89)77(110-63(14)97)75(109-62(13)96)69(114-83)50-101-56(7)90/h52-53,66-80,82-84H,17-51H2,1-16H3,(H,85,88)(H,86,89)(H,87,100)/t53-,66+,67-,68-,69-,70-,71-,72-,73+,74+,75+,76-,77-,78-,79+,80-,82-,83+,84-/m1/s1. The van der Waals surface area contributed by atoms with Crippen molar-refractivity contribution >= 4 is 77.4 Å². The Kier molecular flexibility index (Phi) is 51.4. The lowest BCUT2D eigenvalue weighted by atomic mass is 9.93. The number of ether oxygens (including phenoxy) is 16. The summed E-state index contributed by atoms with van der Waals surface area (Å²) in [4.78, 5) is 173. The molecule has 3 fully saturated rings. The van der Waals surface area contributed by atoms with Crippen LogP contribution < -0.4 is 16.0 Å². The quantitative estimate of drug-likeness (QED) is 0.0289. The molecule has 3 N–H and O–H groups in total. The molecule has 32 nitrogen and oxygen atoms in total. The van der Waals surface area contributed by atoms with E-state index in [2.05, 4.69) is 36.7 Å². The molecule has 0 radical (unpaired) electrons. The molecule has 116 heavy (non-hydrogen) atoms. The number of nitrogens with one attached hydrogen (secondary N) is 3. The number of carbonyl (C=O) groups is 13. The van der Waals surface area contributed by atoms with Gasteiger partial charge in [0.1, 0.15) is 55.8 Å². The lowest BCUT2D eigenvalue weighted by molar-refractivity contribution is -0.366. The van der Waals surface area contributed by atoms with Crippen molar-refractivity contribution in [2.75, 3.05) is 19.8 Å². The summed E-state index contributed by atoms with van der Waals surface area (Å²) in [6.45, 7) is 18.5. The third kappa shape index (κ3) is 42.5. The van der Waals surface area contributed by atoms with Gasteiger partial charge in [-0.1, -0.05) is 201 Å². The van der Waals surface area contributed by atoms with Crippen molar-refractivity contribution in [2.24, 2.45) is 5.92 Å². The Morgan fingerprint density at radius 3 is 1.14 bits per heavy atom. The fourth-order valence-corrected chi connectivity index (χ4v) is 14.9. The zero-order chi connectivity index (χ0) is 86.2. The average molecular weight is 1660 g/mol. The highest BCUT2D eigenvalue weighted by Gasteiger charge is 2.59. The summed E-state index contributed by atoms with van der Waals surface area (Å²) in [5.41, 5.74) is 0. The predicted octanol–water partition coefficient (Wildman–Crippen LogP) is 11.2. The van der Waals surface area contributed by atoms with E-state index >= 15 is 4.79 Å². The first kappa shape index (κ1) is 103.